The number of fused-ring (bicyclic) bond motifs is 5. The van der Waals surface area contributed by atoms with Gasteiger partial charge in [0.2, 0.25) is 5.79 Å². The van der Waals surface area contributed by atoms with Crippen molar-refractivity contribution in [2.75, 3.05) is 6.61 Å². The number of alkyl halides is 1. The van der Waals surface area contributed by atoms with Crippen molar-refractivity contribution in [1.82, 2.24) is 0 Å². The van der Waals surface area contributed by atoms with E-state index in [0.717, 1.165) is 22.3 Å². The Kier molecular flexibility index (Phi) is 2.06. The Hall–Kier alpha value is -2.36. The summed E-state index contributed by atoms with van der Waals surface area (Å²) in [6, 6.07) is 15.0. The van der Waals surface area contributed by atoms with Crippen LogP contribution < -0.4 is 0 Å². The SMILES string of the molecule is [N-]=[N+]=N[C@@]1(F)COC12c1ccccc1-c1ccccc12. The van der Waals surface area contributed by atoms with Gasteiger partial charge in [-0.2, -0.15) is 0 Å². The van der Waals surface area contributed by atoms with Gasteiger partial charge in [0.05, 0.1) is 6.61 Å². The molecule has 0 saturated carbocycles. The van der Waals surface area contributed by atoms with E-state index in [4.69, 9.17) is 10.3 Å². The Morgan fingerprint density at radius 1 is 1.05 bits per heavy atom. The summed E-state index contributed by atoms with van der Waals surface area (Å²) in [5.74, 6) is -2.08. The van der Waals surface area contributed by atoms with Crippen LogP contribution in [-0.2, 0) is 10.3 Å². The molecule has 2 aliphatic rings. The fourth-order valence-electron chi connectivity index (χ4n) is 3.27. The molecule has 1 heterocycles. The summed E-state index contributed by atoms with van der Waals surface area (Å²) in [6.07, 6.45) is 0. The second-order valence-electron chi connectivity index (χ2n) is 5.01. The molecule has 0 radical (unpaired) electrons. The molecular weight excluding hydrogens is 257 g/mol. The average Bonchev–Trinajstić information content (AvgIpc) is 2.79. The Morgan fingerprint density at radius 2 is 1.60 bits per heavy atom. The maximum Gasteiger partial charge on any atom is 0.248 e. The van der Waals surface area contributed by atoms with E-state index in [1.165, 1.54) is 0 Å². The van der Waals surface area contributed by atoms with Crippen LogP contribution in [0, 0.1) is 0 Å². The molecule has 1 aliphatic heterocycles. The van der Waals surface area contributed by atoms with Gasteiger partial charge in [-0.3, -0.25) is 0 Å². The van der Waals surface area contributed by atoms with E-state index in [2.05, 4.69) is 10.0 Å². The van der Waals surface area contributed by atoms with Gasteiger partial charge in [0.1, 0.15) is 0 Å². The standard InChI is InChI=1S/C15H10FN3O/c16-14(18-19-17)9-20-15(14)12-7-3-1-5-10(12)11-6-2-4-8-13(11)15/h1-8H,9H2/t14-/m0/s1. The molecule has 1 spiro atoms. The van der Waals surface area contributed by atoms with E-state index in [-0.39, 0.29) is 6.61 Å². The van der Waals surface area contributed by atoms with Gasteiger partial charge in [0.15, 0.2) is 5.60 Å². The summed E-state index contributed by atoms with van der Waals surface area (Å²) in [6.45, 7) is -0.222. The summed E-state index contributed by atoms with van der Waals surface area (Å²) in [7, 11) is 0. The van der Waals surface area contributed by atoms with Gasteiger partial charge in [-0.1, -0.05) is 48.5 Å². The molecule has 0 unspecified atom stereocenters. The van der Waals surface area contributed by atoms with E-state index < -0.39 is 11.4 Å². The predicted octanol–water partition coefficient (Wildman–Crippen LogP) is 3.92. The van der Waals surface area contributed by atoms with Gasteiger partial charge in [0.25, 0.3) is 0 Å². The van der Waals surface area contributed by atoms with Crippen LogP contribution in [0.3, 0.4) is 0 Å². The van der Waals surface area contributed by atoms with Crippen molar-refractivity contribution < 1.29 is 9.13 Å². The zero-order valence-corrected chi connectivity index (χ0v) is 10.5. The quantitative estimate of drug-likeness (QED) is 0.334. The molecule has 4 rings (SSSR count). The number of hydrogen-bond acceptors (Lipinski definition) is 2. The number of ether oxygens (including phenoxy) is 1. The molecule has 0 aromatic heterocycles. The molecule has 2 aromatic carbocycles. The lowest BCUT2D eigenvalue weighted by Gasteiger charge is -2.50. The molecule has 4 nitrogen and oxygen atoms in total. The first-order chi connectivity index (χ1) is 9.73. The minimum absolute atomic E-state index is 0.222. The minimum Gasteiger partial charge on any atom is -0.358 e. The number of rotatable bonds is 1. The maximum absolute atomic E-state index is 15.1. The Balaban J connectivity index is 2.09. The number of halogens is 1. The highest BCUT2D eigenvalue weighted by atomic mass is 19.1. The van der Waals surface area contributed by atoms with Gasteiger partial charge >= 0.3 is 0 Å². The largest absolute Gasteiger partial charge is 0.358 e. The van der Waals surface area contributed by atoms with Crippen LogP contribution in [0.1, 0.15) is 11.1 Å². The lowest BCUT2D eigenvalue weighted by molar-refractivity contribution is -0.252. The molecule has 0 amide bonds. The summed E-state index contributed by atoms with van der Waals surface area (Å²) >= 11 is 0. The zero-order valence-electron chi connectivity index (χ0n) is 10.5. The highest BCUT2D eigenvalue weighted by Gasteiger charge is 2.67. The highest BCUT2D eigenvalue weighted by Crippen LogP contribution is 2.61. The van der Waals surface area contributed by atoms with E-state index in [0.29, 0.717) is 0 Å². The highest BCUT2D eigenvalue weighted by molar-refractivity contribution is 5.81. The molecule has 1 aliphatic carbocycles. The molecule has 5 heteroatoms. The third-order valence-electron chi connectivity index (χ3n) is 4.13. The first-order valence-electron chi connectivity index (χ1n) is 6.31. The molecule has 0 N–H and O–H groups in total. The van der Waals surface area contributed by atoms with Gasteiger partial charge in [0, 0.05) is 4.91 Å². The van der Waals surface area contributed by atoms with Crippen molar-refractivity contribution in [3.63, 3.8) is 0 Å². The molecule has 2 aromatic rings. The monoisotopic (exact) mass is 267 g/mol. The fourth-order valence-corrected chi connectivity index (χ4v) is 3.27. The normalized spacial score (nSPS) is 24.4. The van der Waals surface area contributed by atoms with Crippen LogP contribution >= 0.6 is 0 Å². The van der Waals surface area contributed by atoms with Crippen LogP contribution in [0.25, 0.3) is 21.6 Å². The number of azide groups is 1. The summed E-state index contributed by atoms with van der Waals surface area (Å²) < 4.78 is 20.7. The first-order valence-corrected chi connectivity index (χ1v) is 6.31. The van der Waals surface area contributed by atoms with Gasteiger partial charge < -0.3 is 4.74 Å². The van der Waals surface area contributed by atoms with Crippen LogP contribution in [0.5, 0.6) is 0 Å². The first kappa shape index (κ1) is 11.5. The minimum atomic E-state index is -2.08. The number of nitrogens with zero attached hydrogens (tertiary/aromatic N) is 3. The summed E-state index contributed by atoms with van der Waals surface area (Å²) in [5.41, 5.74) is 10.7. The number of hydrogen-bond donors (Lipinski definition) is 0. The lowest BCUT2D eigenvalue weighted by Crippen LogP contribution is -2.62. The van der Waals surface area contributed by atoms with Gasteiger partial charge in [-0.05, 0) is 32.9 Å². The molecule has 0 bridgehead atoms. The molecule has 98 valence electrons. The second kappa shape index (κ2) is 3.60. The smallest absolute Gasteiger partial charge is 0.248 e. The van der Waals surface area contributed by atoms with E-state index in [1.54, 1.807) is 0 Å². The van der Waals surface area contributed by atoms with Crippen LogP contribution in [0.2, 0.25) is 0 Å². The Morgan fingerprint density at radius 3 is 2.05 bits per heavy atom. The van der Waals surface area contributed by atoms with E-state index in [9.17, 15) is 0 Å². The second-order valence-corrected chi connectivity index (χ2v) is 5.01. The molecular formula is C15H10FN3O. The van der Waals surface area contributed by atoms with Crippen LogP contribution in [-0.4, -0.2) is 12.4 Å². The Labute approximate surface area is 114 Å². The van der Waals surface area contributed by atoms with Crippen LogP contribution in [0.4, 0.5) is 4.39 Å². The maximum atomic E-state index is 15.1. The van der Waals surface area contributed by atoms with E-state index in [1.807, 2.05) is 48.5 Å². The molecule has 1 atom stereocenters. The molecule has 1 fully saturated rings. The zero-order chi connectivity index (χ0) is 13.8. The van der Waals surface area contributed by atoms with Gasteiger partial charge in [-0.25, -0.2) is 4.39 Å². The van der Waals surface area contributed by atoms with E-state index >= 15 is 4.39 Å². The van der Waals surface area contributed by atoms with Crippen molar-refractivity contribution in [3.05, 3.63) is 70.1 Å². The third kappa shape index (κ3) is 1.08. The topological polar surface area (TPSA) is 58.0 Å². The van der Waals surface area contributed by atoms with Crippen molar-refractivity contribution in [3.8, 4) is 11.1 Å². The van der Waals surface area contributed by atoms with Crippen molar-refractivity contribution in [2.45, 2.75) is 11.4 Å². The van der Waals surface area contributed by atoms with Crippen molar-refractivity contribution in [1.29, 1.82) is 0 Å². The lowest BCUT2D eigenvalue weighted by atomic mass is 9.78. The predicted molar refractivity (Wildman–Crippen MR) is 71.6 cm³/mol. The van der Waals surface area contributed by atoms with Crippen LogP contribution in [0.15, 0.2) is 53.6 Å². The molecule has 1 saturated heterocycles. The Bertz CT molecular complexity index is 724. The van der Waals surface area contributed by atoms with Crippen molar-refractivity contribution >= 4 is 0 Å². The summed E-state index contributed by atoms with van der Waals surface area (Å²) in [4.78, 5) is 2.66. The fraction of sp³-hybridized carbons (Fsp3) is 0.200. The third-order valence-corrected chi connectivity index (χ3v) is 4.13. The average molecular weight is 267 g/mol. The van der Waals surface area contributed by atoms with Crippen molar-refractivity contribution in [2.24, 2.45) is 5.11 Å². The number of benzene rings is 2. The van der Waals surface area contributed by atoms with Gasteiger partial charge in [-0.15, -0.1) is 0 Å². The molecule has 20 heavy (non-hydrogen) atoms. The summed E-state index contributed by atoms with van der Waals surface area (Å²) in [5, 5.41) is 3.38.